The first-order chi connectivity index (χ1) is 11.0. The molecule has 1 amide bonds. The highest BCUT2D eigenvalue weighted by molar-refractivity contribution is 5.83. The molecule has 0 radical (unpaired) electrons. The Hall–Kier alpha value is -2.31. The predicted octanol–water partition coefficient (Wildman–Crippen LogP) is 1.52. The molecular weight excluding hydrogens is 292 g/mol. The number of hydrogen-bond acceptors (Lipinski definition) is 5. The highest BCUT2D eigenvalue weighted by Crippen LogP contribution is 2.28. The second kappa shape index (κ2) is 6.06. The van der Waals surface area contributed by atoms with Gasteiger partial charge in [0.25, 0.3) is 0 Å². The zero-order valence-corrected chi connectivity index (χ0v) is 13.8. The molecule has 0 N–H and O–H groups in total. The van der Waals surface area contributed by atoms with Crippen LogP contribution < -0.4 is 0 Å². The smallest absolute Gasteiger partial charge is 0.250 e. The SMILES string of the molecule is Cc1nccc([C@@H]2CCCN(C(=O)C(C)(C)n3cncn3)C2)n1. The van der Waals surface area contributed by atoms with Crippen molar-refractivity contribution in [2.75, 3.05) is 13.1 Å². The molecule has 23 heavy (non-hydrogen) atoms. The zero-order chi connectivity index (χ0) is 16.4. The van der Waals surface area contributed by atoms with Crippen molar-refractivity contribution in [2.45, 2.75) is 45.1 Å². The number of likely N-dealkylation sites (tertiary alicyclic amines) is 1. The van der Waals surface area contributed by atoms with Crippen LogP contribution in [0.1, 0.15) is 44.1 Å². The van der Waals surface area contributed by atoms with E-state index < -0.39 is 5.54 Å². The van der Waals surface area contributed by atoms with Gasteiger partial charge in [-0.3, -0.25) is 4.79 Å². The number of piperidine rings is 1. The van der Waals surface area contributed by atoms with Crippen LogP contribution in [0.2, 0.25) is 0 Å². The van der Waals surface area contributed by atoms with Gasteiger partial charge in [-0.25, -0.2) is 19.6 Å². The Morgan fingerprint density at radius 1 is 1.39 bits per heavy atom. The topological polar surface area (TPSA) is 76.8 Å². The number of carbonyl (C=O) groups is 1. The highest BCUT2D eigenvalue weighted by Gasteiger charge is 2.37. The van der Waals surface area contributed by atoms with Crippen LogP contribution in [0.15, 0.2) is 24.9 Å². The molecule has 7 nitrogen and oxygen atoms in total. The fourth-order valence-electron chi connectivity index (χ4n) is 3.09. The Morgan fingerprint density at radius 2 is 2.22 bits per heavy atom. The Kier molecular flexibility index (Phi) is 4.11. The van der Waals surface area contributed by atoms with Gasteiger partial charge in [0.1, 0.15) is 24.0 Å². The van der Waals surface area contributed by atoms with Gasteiger partial charge in [-0.15, -0.1) is 0 Å². The van der Waals surface area contributed by atoms with Gasteiger partial charge in [0.05, 0.1) is 0 Å². The Bertz CT molecular complexity index is 682. The predicted molar refractivity (Wildman–Crippen MR) is 84.7 cm³/mol. The van der Waals surface area contributed by atoms with Crippen molar-refractivity contribution in [1.82, 2.24) is 29.6 Å². The average Bonchev–Trinajstić information content (AvgIpc) is 3.09. The average molecular weight is 314 g/mol. The molecule has 1 fully saturated rings. The van der Waals surface area contributed by atoms with Gasteiger partial charge in [-0.1, -0.05) is 0 Å². The standard InChI is InChI=1S/C16H22N6O/c1-12-18-7-6-14(20-12)13-5-4-8-21(9-13)15(23)16(2,3)22-11-17-10-19-22/h6-7,10-11,13H,4-5,8-9H2,1-3H3/t13-/m1/s1. The maximum Gasteiger partial charge on any atom is 0.250 e. The maximum atomic E-state index is 13.0. The third-order valence-corrected chi connectivity index (χ3v) is 4.44. The quantitative estimate of drug-likeness (QED) is 0.858. The van der Waals surface area contributed by atoms with E-state index in [9.17, 15) is 4.79 Å². The summed E-state index contributed by atoms with van der Waals surface area (Å²) in [6.07, 6.45) is 6.86. The van der Waals surface area contributed by atoms with E-state index in [0.717, 1.165) is 30.9 Å². The number of rotatable bonds is 3. The second-order valence-corrected chi connectivity index (χ2v) is 6.52. The lowest BCUT2D eigenvalue weighted by atomic mass is 9.92. The van der Waals surface area contributed by atoms with Gasteiger partial charge in [0.15, 0.2) is 0 Å². The summed E-state index contributed by atoms with van der Waals surface area (Å²) >= 11 is 0. The first-order valence-corrected chi connectivity index (χ1v) is 7.92. The van der Waals surface area contributed by atoms with Crippen LogP contribution >= 0.6 is 0 Å². The van der Waals surface area contributed by atoms with Gasteiger partial charge < -0.3 is 4.90 Å². The summed E-state index contributed by atoms with van der Waals surface area (Å²) in [4.78, 5) is 27.5. The van der Waals surface area contributed by atoms with Gasteiger partial charge in [0, 0.05) is 30.9 Å². The van der Waals surface area contributed by atoms with Crippen LogP contribution in [0.5, 0.6) is 0 Å². The minimum atomic E-state index is -0.736. The fraction of sp³-hybridized carbons (Fsp3) is 0.562. The summed E-state index contributed by atoms with van der Waals surface area (Å²) in [7, 11) is 0. The summed E-state index contributed by atoms with van der Waals surface area (Å²) in [6, 6.07) is 1.95. The lowest BCUT2D eigenvalue weighted by Gasteiger charge is -2.37. The number of amides is 1. The van der Waals surface area contributed by atoms with Crippen molar-refractivity contribution in [3.05, 3.63) is 36.4 Å². The lowest BCUT2D eigenvalue weighted by Crippen LogP contribution is -2.50. The summed E-state index contributed by atoms with van der Waals surface area (Å²) < 4.78 is 1.62. The zero-order valence-electron chi connectivity index (χ0n) is 13.8. The van der Waals surface area contributed by atoms with E-state index in [1.165, 1.54) is 6.33 Å². The minimum absolute atomic E-state index is 0.0680. The van der Waals surface area contributed by atoms with E-state index in [2.05, 4.69) is 20.1 Å². The molecule has 3 rings (SSSR count). The number of aromatic nitrogens is 5. The molecular formula is C16H22N6O. The van der Waals surface area contributed by atoms with Crippen molar-refractivity contribution < 1.29 is 4.79 Å². The van der Waals surface area contributed by atoms with Crippen molar-refractivity contribution in [3.8, 4) is 0 Å². The Balaban J connectivity index is 1.77. The number of nitrogens with zero attached hydrogens (tertiary/aromatic N) is 6. The third kappa shape index (κ3) is 3.09. The normalized spacial score (nSPS) is 18.9. The molecule has 0 bridgehead atoms. The molecule has 3 heterocycles. The van der Waals surface area contributed by atoms with E-state index in [0.29, 0.717) is 6.54 Å². The summed E-state index contributed by atoms with van der Waals surface area (Å²) in [5.74, 6) is 1.10. The van der Waals surface area contributed by atoms with E-state index in [1.54, 1.807) is 17.2 Å². The molecule has 0 spiro atoms. The lowest BCUT2D eigenvalue weighted by molar-refractivity contribution is -0.141. The van der Waals surface area contributed by atoms with E-state index in [4.69, 9.17) is 0 Å². The van der Waals surface area contributed by atoms with Gasteiger partial charge in [-0.05, 0) is 39.7 Å². The molecule has 1 aliphatic rings. The van der Waals surface area contributed by atoms with Crippen LogP contribution in [0.4, 0.5) is 0 Å². The molecule has 1 atom stereocenters. The molecule has 0 saturated carbocycles. The minimum Gasteiger partial charge on any atom is -0.340 e. The molecule has 1 saturated heterocycles. The highest BCUT2D eigenvalue weighted by atomic mass is 16.2. The summed E-state index contributed by atoms with van der Waals surface area (Å²) in [5, 5.41) is 4.13. The van der Waals surface area contributed by atoms with Crippen molar-refractivity contribution in [2.24, 2.45) is 0 Å². The number of hydrogen-bond donors (Lipinski definition) is 0. The van der Waals surface area contributed by atoms with Crippen LogP contribution in [0.25, 0.3) is 0 Å². The molecule has 0 aromatic carbocycles. The van der Waals surface area contributed by atoms with Crippen LogP contribution in [-0.2, 0) is 10.3 Å². The van der Waals surface area contributed by atoms with Crippen molar-refractivity contribution >= 4 is 5.91 Å². The summed E-state index contributed by atoms with van der Waals surface area (Å²) in [5.41, 5.74) is 0.286. The molecule has 2 aromatic heterocycles. The van der Waals surface area contributed by atoms with Gasteiger partial charge in [-0.2, -0.15) is 5.10 Å². The van der Waals surface area contributed by atoms with Crippen molar-refractivity contribution in [3.63, 3.8) is 0 Å². The largest absolute Gasteiger partial charge is 0.340 e. The number of carbonyl (C=O) groups excluding carboxylic acids is 1. The molecule has 122 valence electrons. The van der Waals surface area contributed by atoms with Crippen LogP contribution in [0.3, 0.4) is 0 Å². The first kappa shape index (κ1) is 15.6. The van der Waals surface area contributed by atoms with Gasteiger partial charge >= 0.3 is 0 Å². The van der Waals surface area contributed by atoms with Gasteiger partial charge in [0.2, 0.25) is 5.91 Å². The van der Waals surface area contributed by atoms with Crippen LogP contribution in [0, 0.1) is 6.92 Å². The number of aryl methyl sites for hydroxylation is 1. The van der Waals surface area contributed by atoms with Crippen molar-refractivity contribution in [1.29, 1.82) is 0 Å². The summed E-state index contributed by atoms with van der Waals surface area (Å²) in [6.45, 7) is 7.11. The molecule has 0 aliphatic carbocycles. The molecule has 0 unspecified atom stereocenters. The first-order valence-electron chi connectivity index (χ1n) is 7.92. The van der Waals surface area contributed by atoms with E-state index in [1.807, 2.05) is 31.7 Å². The Labute approximate surface area is 135 Å². The molecule has 2 aromatic rings. The molecule has 1 aliphatic heterocycles. The second-order valence-electron chi connectivity index (χ2n) is 6.52. The van der Waals surface area contributed by atoms with E-state index in [-0.39, 0.29) is 11.8 Å². The molecule has 7 heteroatoms. The maximum absolute atomic E-state index is 13.0. The third-order valence-electron chi connectivity index (χ3n) is 4.44. The van der Waals surface area contributed by atoms with E-state index >= 15 is 0 Å². The monoisotopic (exact) mass is 314 g/mol. The fourth-order valence-corrected chi connectivity index (χ4v) is 3.09. The van der Waals surface area contributed by atoms with Crippen LogP contribution in [-0.4, -0.2) is 48.6 Å². The Morgan fingerprint density at radius 3 is 2.91 bits per heavy atom.